The van der Waals surface area contributed by atoms with Crippen LogP contribution in [0, 0.1) is 0 Å². The molecule has 0 saturated heterocycles. The predicted octanol–water partition coefficient (Wildman–Crippen LogP) is 0.582. The Morgan fingerprint density at radius 1 is 1.61 bits per heavy atom. The van der Waals surface area contributed by atoms with E-state index < -0.39 is 6.04 Å². The topological polar surface area (TPSA) is 73.2 Å². The van der Waals surface area contributed by atoms with Gasteiger partial charge in [0.1, 0.15) is 18.0 Å². The zero-order valence-corrected chi connectivity index (χ0v) is 11.1. The van der Waals surface area contributed by atoms with Crippen LogP contribution < -0.4 is 5.32 Å². The highest BCUT2D eigenvalue weighted by molar-refractivity contribution is 5.93. The average molecular weight is 253 g/mol. The Morgan fingerprint density at radius 3 is 2.72 bits per heavy atom. The van der Waals surface area contributed by atoms with Crippen LogP contribution in [-0.2, 0) is 15.1 Å². The van der Waals surface area contributed by atoms with E-state index in [1.54, 1.807) is 12.5 Å². The summed E-state index contributed by atoms with van der Waals surface area (Å²) in [6.07, 6.45) is 3.90. The van der Waals surface area contributed by atoms with Gasteiger partial charge < -0.3 is 19.4 Å². The molecule has 0 spiro atoms. The zero-order chi connectivity index (χ0) is 13.8. The minimum Gasteiger partial charge on any atom is -0.382 e. The third-order valence-electron chi connectivity index (χ3n) is 2.42. The van der Waals surface area contributed by atoms with Gasteiger partial charge in [0.2, 0.25) is 0 Å². The van der Waals surface area contributed by atoms with Crippen molar-refractivity contribution in [2.75, 3.05) is 13.7 Å². The second kappa shape index (κ2) is 5.77. The fraction of sp³-hybridized carbons (Fsp3) is 0.583. The van der Waals surface area contributed by atoms with Gasteiger partial charge in [-0.25, -0.2) is 4.98 Å². The molecule has 0 aromatic carbocycles. The van der Waals surface area contributed by atoms with Gasteiger partial charge >= 0.3 is 0 Å². The van der Waals surface area contributed by atoms with Crippen molar-refractivity contribution in [1.29, 1.82) is 0 Å². The first-order chi connectivity index (χ1) is 8.38. The molecule has 0 bridgehead atoms. The number of hydrogen-bond acceptors (Lipinski definition) is 4. The number of aldehydes is 1. The number of ether oxygens (including phenoxy) is 1. The molecule has 18 heavy (non-hydrogen) atoms. The normalized spacial score (nSPS) is 13.1. The molecule has 0 aliphatic carbocycles. The van der Waals surface area contributed by atoms with Crippen LogP contribution in [0.1, 0.15) is 31.3 Å². The quantitative estimate of drug-likeness (QED) is 0.779. The Hall–Kier alpha value is -1.69. The van der Waals surface area contributed by atoms with Gasteiger partial charge in [-0.1, -0.05) is 0 Å². The number of amides is 1. The Balaban J connectivity index is 2.73. The summed E-state index contributed by atoms with van der Waals surface area (Å²) < 4.78 is 6.66. The van der Waals surface area contributed by atoms with E-state index in [0.29, 0.717) is 6.29 Å². The first-order valence-electron chi connectivity index (χ1n) is 5.68. The van der Waals surface area contributed by atoms with Gasteiger partial charge in [-0.15, -0.1) is 0 Å². The van der Waals surface area contributed by atoms with Gasteiger partial charge in [0.15, 0.2) is 0 Å². The van der Waals surface area contributed by atoms with E-state index >= 15 is 0 Å². The lowest BCUT2D eigenvalue weighted by atomic mass is 10.1. The first kappa shape index (κ1) is 14.4. The van der Waals surface area contributed by atoms with Gasteiger partial charge in [-0.05, 0) is 20.8 Å². The lowest BCUT2D eigenvalue weighted by Gasteiger charge is -2.19. The number of rotatable bonds is 5. The van der Waals surface area contributed by atoms with Crippen molar-refractivity contribution >= 4 is 12.2 Å². The minimum atomic E-state index is -0.651. The molecule has 6 nitrogen and oxygen atoms in total. The van der Waals surface area contributed by atoms with Gasteiger partial charge in [0.25, 0.3) is 5.91 Å². The lowest BCUT2D eigenvalue weighted by Crippen LogP contribution is -2.39. The third kappa shape index (κ3) is 3.66. The van der Waals surface area contributed by atoms with Crippen molar-refractivity contribution in [1.82, 2.24) is 14.9 Å². The van der Waals surface area contributed by atoms with E-state index in [-0.39, 0.29) is 23.7 Å². The Bertz CT molecular complexity index is 420. The summed E-state index contributed by atoms with van der Waals surface area (Å²) in [4.78, 5) is 26.6. The molecule has 6 heteroatoms. The van der Waals surface area contributed by atoms with Crippen molar-refractivity contribution in [3.8, 4) is 0 Å². The van der Waals surface area contributed by atoms with E-state index in [4.69, 9.17) is 4.74 Å². The van der Waals surface area contributed by atoms with Gasteiger partial charge in [0.05, 0.1) is 12.9 Å². The molecule has 100 valence electrons. The van der Waals surface area contributed by atoms with Crippen molar-refractivity contribution in [2.45, 2.75) is 32.4 Å². The maximum atomic E-state index is 11.8. The van der Waals surface area contributed by atoms with E-state index in [2.05, 4.69) is 10.3 Å². The standard InChI is InChI=1S/C12H19N3O3/c1-12(2,3)15-5-10(13-8-15)11(17)14-9(6-16)7-18-4/h5-6,8-9H,7H2,1-4H3,(H,14,17). The number of methoxy groups -OCH3 is 1. The second-order valence-electron chi connectivity index (χ2n) is 5.01. The maximum absolute atomic E-state index is 11.8. The molecule has 1 unspecified atom stereocenters. The third-order valence-corrected chi connectivity index (χ3v) is 2.42. The lowest BCUT2D eigenvalue weighted by molar-refractivity contribution is -0.110. The highest BCUT2D eigenvalue weighted by Gasteiger charge is 2.18. The summed E-state index contributed by atoms with van der Waals surface area (Å²) in [5, 5.41) is 2.54. The number of hydrogen-bond donors (Lipinski definition) is 1. The van der Waals surface area contributed by atoms with Crippen LogP contribution >= 0.6 is 0 Å². The molecular weight excluding hydrogens is 234 g/mol. The van der Waals surface area contributed by atoms with Gasteiger partial charge in [-0.2, -0.15) is 0 Å². The fourth-order valence-corrected chi connectivity index (χ4v) is 1.34. The molecule has 0 aliphatic heterocycles. The van der Waals surface area contributed by atoms with Crippen molar-refractivity contribution < 1.29 is 14.3 Å². The Morgan fingerprint density at radius 2 is 2.28 bits per heavy atom. The summed E-state index contributed by atoms with van der Waals surface area (Å²) in [6, 6.07) is -0.651. The zero-order valence-electron chi connectivity index (χ0n) is 11.1. The molecule has 1 atom stereocenters. The number of carbonyl (C=O) groups is 2. The second-order valence-corrected chi connectivity index (χ2v) is 5.01. The van der Waals surface area contributed by atoms with Crippen molar-refractivity contribution in [3.63, 3.8) is 0 Å². The number of carbonyl (C=O) groups excluding carboxylic acids is 2. The Kier molecular flexibility index (Phi) is 4.61. The molecule has 1 N–H and O–H groups in total. The highest BCUT2D eigenvalue weighted by atomic mass is 16.5. The predicted molar refractivity (Wildman–Crippen MR) is 66.4 cm³/mol. The summed E-state index contributed by atoms with van der Waals surface area (Å²) >= 11 is 0. The molecule has 1 heterocycles. The van der Waals surface area contributed by atoms with Crippen molar-refractivity contribution in [3.05, 3.63) is 18.2 Å². The maximum Gasteiger partial charge on any atom is 0.272 e. The van der Waals surface area contributed by atoms with E-state index in [1.807, 2.05) is 25.3 Å². The first-order valence-corrected chi connectivity index (χ1v) is 5.68. The molecule has 1 rings (SSSR count). The summed E-state index contributed by atoms with van der Waals surface area (Å²) in [5.41, 5.74) is 0.148. The van der Waals surface area contributed by atoms with E-state index in [0.717, 1.165) is 0 Å². The van der Waals surface area contributed by atoms with Crippen molar-refractivity contribution in [2.24, 2.45) is 0 Å². The van der Waals surface area contributed by atoms with Gasteiger partial charge in [0, 0.05) is 18.8 Å². The summed E-state index contributed by atoms with van der Waals surface area (Å²) in [6.45, 7) is 6.18. The fourth-order valence-electron chi connectivity index (χ4n) is 1.34. The molecule has 1 aromatic rings. The molecule has 0 radical (unpaired) electrons. The summed E-state index contributed by atoms with van der Waals surface area (Å²) in [5.74, 6) is -0.382. The molecule has 0 saturated carbocycles. The van der Waals surface area contributed by atoms with Crippen LogP contribution in [-0.4, -0.2) is 41.5 Å². The molecule has 0 aliphatic rings. The van der Waals surface area contributed by atoms with Gasteiger partial charge in [-0.3, -0.25) is 4.79 Å². The van der Waals surface area contributed by atoms with E-state index in [9.17, 15) is 9.59 Å². The monoisotopic (exact) mass is 253 g/mol. The van der Waals surface area contributed by atoms with Crippen LogP contribution in [0.5, 0.6) is 0 Å². The average Bonchev–Trinajstić information content (AvgIpc) is 2.77. The highest BCUT2D eigenvalue weighted by Crippen LogP contribution is 2.13. The van der Waals surface area contributed by atoms with Crippen LogP contribution in [0.4, 0.5) is 0 Å². The minimum absolute atomic E-state index is 0.137. The number of aromatic nitrogens is 2. The molecular formula is C12H19N3O3. The largest absolute Gasteiger partial charge is 0.382 e. The Labute approximate surface area is 106 Å². The summed E-state index contributed by atoms with van der Waals surface area (Å²) in [7, 11) is 1.47. The SMILES string of the molecule is COCC(C=O)NC(=O)c1cn(C(C)(C)C)cn1. The molecule has 0 fully saturated rings. The molecule has 1 aromatic heterocycles. The smallest absolute Gasteiger partial charge is 0.272 e. The van der Waals surface area contributed by atoms with Crippen LogP contribution in [0.25, 0.3) is 0 Å². The van der Waals surface area contributed by atoms with Crippen LogP contribution in [0.15, 0.2) is 12.5 Å². The van der Waals surface area contributed by atoms with E-state index in [1.165, 1.54) is 7.11 Å². The molecule has 1 amide bonds. The van der Waals surface area contributed by atoms with Crippen LogP contribution in [0.3, 0.4) is 0 Å². The van der Waals surface area contributed by atoms with Crippen LogP contribution in [0.2, 0.25) is 0 Å². The number of nitrogens with one attached hydrogen (secondary N) is 1. The number of imidazole rings is 1. The number of nitrogens with zero attached hydrogens (tertiary/aromatic N) is 2.